The molecule has 36 heavy (non-hydrogen) atoms. The quantitative estimate of drug-likeness (QED) is 0.414. The Balaban J connectivity index is 1.49. The van der Waals surface area contributed by atoms with Crippen LogP contribution in [0.4, 0.5) is 0 Å². The molecular weight excluding hydrogens is 476 g/mol. The van der Waals surface area contributed by atoms with Crippen molar-refractivity contribution in [2.45, 2.75) is 25.7 Å². The Bertz CT molecular complexity index is 1150. The van der Waals surface area contributed by atoms with Crippen LogP contribution in [0.5, 0.6) is 5.75 Å². The zero-order valence-corrected chi connectivity index (χ0v) is 21.5. The number of carbonyl (C=O) groups is 2. The second-order valence-corrected chi connectivity index (χ2v) is 9.91. The van der Waals surface area contributed by atoms with Gasteiger partial charge < -0.3 is 24.0 Å². The van der Waals surface area contributed by atoms with E-state index in [9.17, 15) is 9.59 Å². The third kappa shape index (κ3) is 6.94. The van der Waals surface area contributed by atoms with Gasteiger partial charge in [-0.15, -0.1) is 11.3 Å². The topological polar surface area (TPSA) is 68.3 Å². The zero-order chi connectivity index (χ0) is 25.3. The van der Waals surface area contributed by atoms with Crippen LogP contribution in [0.15, 0.2) is 66.7 Å². The van der Waals surface area contributed by atoms with Crippen molar-refractivity contribution in [1.29, 1.82) is 0 Å². The molecule has 0 radical (unpaired) electrons. The molecule has 2 amide bonds. The van der Waals surface area contributed by atoms with E-state index in [0.29, 0.717) is 37.7 Å². The summed E-state index contributed by atoms with van der Waals surface area (Å²) in [6.45, 7) is 2.19. The van der Waals surface area contributed by atoms with Crippen LogP contribution >= 0.6 is 11.3 Å². The van der Waals surface area contributed by atoms with E-state index >= 15 is 0 Å². The largest absolute Gasteiger partial charge is 0.497 e. The summed E-state index contributed by atoms with van der Waals surface area (Å²) in [5.41, 5.74) is 2.14. The number of ether oxygens (including phenoxy) is 3. The lowest BCUT2D eigenvalue weighted by Gasteiger charge is -2.25. The van der Waals surface area contributed by atoms with Gasteiger partial charge in [0.05, 0.1) is 31.3 Å². The molecule has 1 aromatic heterocycles. The summed E-state index contributed by atoms with van der Waals surface area (Å²) in [5, 5.41) is 0. The molecular formula is C28H32N2O5S. The molecule has 2 aromatic carbocycles. The molecule has 0 N–H and O–H groups in total. The highest BCUT2D eigenvalue weighted by molar-refractivity contribution is 7.14. The van der Waals surface area contributed by atoms with E-state index in [-0.39, 0.29) is 24.5 Å². The Kier molecular flexibility index (Phi) is 9.11. The average molecular weight is 509 g/mol. The molecule has 190 valence electrons. The van der Waals surface area contributed by atoms with Crippen molar-refractivity contribution in [3.8, 4) is 5.75 Å². The first-order valence-corrected chi connectivity index (χ1v) is 12.8. The third-order valence-electron chi connectivity index (χ3n) is 6.11. The number of methoxy groups -OCH3 is 2. The van der Waals surface area contributed by atoms with E-state index in [1.54, 1.807) is 25.2 Å². The first-order chi connectivity index (χ1) is 17.6. The van der Waals surface area contributed by atoms with Gasteiger partial charge in [-0.05, 0) is 41.8 Å². The fraction of sp³-hybridized carbons (Fsp3) is 0.357. The number of nitrogens with zero attached hydrogens (tertiary/aromatic N) is 2. The second-order valence-electron chi connectivity index (χ2n) is 8.74. The third-order valence-corrected chi connectivity index (χ3v) is 7.15. The summed E-state index contributed by atoms with van der Waals surface area (Å²) >= 11 is 1.40. The molecule has 0 aliphatic carbocycles. The predicted octanol–water partition coefficient (Wildman–Crippen LogP) is 4.02. The standard InChI is InChI=1S/C28H32N2O5S/c1-33-20-25-11-12-26(36-25)28(32)30-17-24(35-19-22-9-6-10-23(15-22)34-2)16-29(27(31)18-30)14-13-21-7-4-3-5-8-21/h3-12,15,24H,13-14,16-20H2,1-2H3. The van der Waals surface area contributed by atoms with E-state index in [2.05, 4.69) is 12.1 Å². The SMILES string of the molecule is COCc1ccc(C(=O)N2CC(=O)N(CCc3ccccc3)CC(OCc3cccc(OC)c3)C2)s1. The van der Waals surface area contributed by atoms with Crippen molar-refractivity contribution in [2.75, 3.05) is 40.4 Å². The fourth-order valence-corrected chi connectivity index (χ4v) is 5.16. The highest BCUT2D eigenvalue weighted by Crippen LogP contribution is 2.22. The van der Waals surface area contributed by atoms with Crippen LogP contribution in [0.3, 0.4) is 0 Å². The van der Waals surface area contributed by atoms with Gasteiger partial charge in [0.25, 0.3) is 5.91 Å². The minimum Gasteiger partial charge on any atom is -0.497 e. The summed E-state index contributed by atoms with van der Waals surface area (Å²) in [4.78, 5) is 31.6. The number of thiophene rings is 1. The van der Waals surface area contributed by atoms with Crippen LogP contribution in [0.2, 0.25) is 0 Å². The molecule has 1 fully saturated rings. The molecule has 7 nitrogen and oxygen atoms in total. The van der Waals surface area contributed by atoms with Gasteiger partial charge in [0.1, 0.15) is 12.3 Å². The summed E-state index contributed by atoms with van der Waals surface area (Å²) in [6.07, 6.45) is 0.426. The lowest BCUT2D eigenvalue weighted by Crippen LogP contribution is -2.39. The van der Waals surface area contributed by atoms with Crippen LogP contribution in [0, 0.1) is 0 Å². The van der Waals surface area contributed by atoms with Gasteiger partial charge in [0.15, 0.2) is 0 Å². The van der Waals surface area contributed by atoms with Crippen LogP contribution in [0.1, 0.15) is 25.7 Å². The first kappa shape index (κ1) is 25.9. The van der Waals surface area contributed by atoms with Gasteiger partial charge in [-0.25, -0.2) is 0 Å². The predicted molar refractivity (Wildman–Crippen MR) is 139 cm³/mol. The summed E-state index contributed by atoms with van der Waals surface area (Å²) in [5.74, 6) is 0.536. The molecule has 1 aliphatic heterocycles. The van der Waals surface area contributed by atoms with Gasteiger partial charge in [0.2, 0.25) is 5.91 Å². The van der Waals surface area contributed by atoms with Crippen LogP contribution in [-0.2, 0) is 33.9 Å². The molecule has 2 heterocycles. The Morgan fingerprint density at radius 2 is 1.78 bits per heavy atom. The van der Waals surface area contributed by atoms with Crippen LogP contribution in [-0.4, -0.2) is 68.1 Å². The fourth-order valence-electron chi connectivity index (χ4n) is 4.21. The minimum atomic E-state index is -0.319. The summed E-state index contributed by atoms with van der Waals surface area (Å²) < 4.78 is 16.8. The molecule has 1 aliphatic rings. The Morgan fingerprint density at radius 3 is 2.56 bits per heavy atom. The number of carbonyl (C=O) groups excluding carboxylic acids is 2. The number of rotatable bonds is 10. The Labute approximate surface area is 216 Å². The van der Waals surface area contributed by atoms with Gasteiger partial charge >= 0.3 is 0 Å². The Hall–Kier alpha value is -3.20. The monoisotopic (exact) mass is 508 g/mol. The molecule has 1 atom stereocenters. The van der Waals surface area contributed by atoms with Gasteiger partial charge in [-0.3, -0.25) is 9.59 Å². The molecule has 1 saturated heterocycles. The average Bonchev–Trinajstić information content (AvgIpc) is 3.31. The van der Waals surface area contributed by atoms with Crippen molar-refractivity contribution in [3.63, 3.8) is 0 Å². The maximum Gasteiger partial charge on any atom is 0.264 e. The molecule has 3 aromatic rings. The molecule has 0 spiro atoms. The van der Waals surface area contributed by atoms with Crippen molar-refractivity contribution in [3.05, 3.63) is 87.6 Å². The minimum absolute atomic E-state index is 0.0319. The highest BCUT2D eigenvalue weighted by Gasteiger charge is 2.31. The maximum absolute atomic E-state index is 13.4. The van der Waals surface area contributed by atoms with E-state index < -0.39 is 0 Å². The van der Waals surface area contributed by atoms with Crippen molar-refractivity contribution in [2.24, 2.45) is 0 Å². The number of hydrogen-bond acceptors (Lipinski definition) is 6. The van der Waals surface area contributed by atoms with E-state index in [1.807, 2.05) is 53.4 Å². The lowest BCUT2D eigenvalue weighted by molar-refractivity contribution is -0.131. The molecule has 8 heteroatoms. The molecule has 1 unspecified atom stereocenters. The second kappa shape index (κ2) is 12.7. The van der Waals surface area contributed by atoms with Gasteiger partial charge in [0, 0.05) is 31.6 Å². The zero-order valence-electron chi connectivity index (χ0n) is 20.7. The van der Waals surface area contributed by atoms with Crippen LogP contribution in [0.25, 0.3) is 0 Å². The Morgan fingerprint density at radius 1 is 0.972 bits per heavy atom. The van der Waals surface area contributed by atoms with E-state index in [1.165, 1.54) is 16.9 Å². The highest BCUT2D eigenvalue weighted by atomic mass is 32.1. The normalized spacial score (nSPS) is 16.2. The number of benzene rings is 2. The van der Waals surface area contributed by atoms with Gasteiger partial charge in [-0.2, -0.15) is 0 Å². The maximum atomic E-state index is 13.4. The number of hydrogen-bond donors (Lipinski definition) is 0. The van der Waals surface area contributed by atoms with E-state index in [0.717, 1.165) is 22.6 Å². The van der Waals surface area contributed by atoms with Crippen LogP contribution < -0.4 is 4.74 Å². The summed E-state index contributed by atoms with van der Waals surface area (Å²) in [7, 11) is 3.26. The number of amides is 2. The van der Waals surface area contributed by atoms with E-state index in [4.69, 9.17) is 14.2 Å². The van der Waals surface area contributed by atoms with Crippen molar-refractivity contribution >= 4 is 23.2 Å². The molecule has 4 rings (SSSR count). The van der Waals surface area contributed by atoms with Gasteiger partial charge in [-0.1, -0.05) is 42.5 Å². The lowest BCUT2D eigenvalue weighted by atomic mass is 10.1. The molecule has 0 saturated carbocycles. The summed E-state index contributed by atoms with van der Waals surface area (Å²) in [6, 6.07) is 21.5. The smallest absolute Gasteiger partial charge is 0.264 e. The van der Waals surface area contributed by atoms with Crippen molar-refractivity contribution < 1.29 is 23.8 Å². The first-order valence-electron chi connectivity index (χ1n) is 12.0. The molecule has 0 bridgehead atoms. The van der Waals surface area contributed by atoms with Crippen molar-refractivity contribution in [1.82, 2.24) is 9.80 Å².